The fraction of sp³-hybridized carbons (Fsp3) is 0.333. The van der Waals surface area contributed by atoms with Crippen molar-refractivity contribution in [2.45, 2.75) is 32.7 Å². The van der Waals surface area contributed by atoms with Crippen LogP contribution in [0.4, 0.5) is 5.82 Å². The first-order valence-corrected chi connectivity index (χ1v) is 8.86. The van der Waals surface area contributed by atoms with Gasteiger partial charge in [-0.1, -0.05) is 18.1 Å². The van der Waals surface area contributed by atoms with E-state index in [1.54, 1.807) is 17.1 Å². The molecule has 0 aromatic carbocycles. The van der Waals surface area contributed by atoms with Gasteiger partial charge >= 0.3 is 0 Å². The molecule has 0 bridgehead atoms. The zero-order valence-corrected chi connectivity index (χ0v) is 15.4. The Kier molecular flexibility index (Phi) is 4.49. The summed E-state index contributed by atoms with van der Waals surface area (Å²) in [5, 5.41) is 12.5. The van der Waals surface area contributed by atoms with Crippen LogP contribution in [0, 0.1) is 0 Å². The molecular weight excluding hydrogens is 344 g/mol. The molecule has 27 heavy (non-hydrogen) atoms. The largest absolute Gasteiger partial charge is 0.358 e. The summed E-state index contributed by atoms with van der Waals surface area (Å²) in [6.45, 7) is 4.05. The Morgan fingerprint density at radius 2 is 2.11 bits per heavy atom. The topological polar surface area (TPSA) is 107 Å². The molecule has 0 saturated heterocycles. The van der Waals surface area contributed by atoms with Crippen molar-refractivity contribution in [1.82, 2.24) is 34.9 Å². The van der Waals surface area contributed by atoms with E-state index in [1.807, 2.05) is 32.2 Å². The molecular formula is C18H20N8O. The van der Waals surface area contributed by atoms with Crippen LogP contribution in [0.5, 0.6) is 0 Å². The highest BCUT2D eigenvalue weighted by molar-refractivity contribution is 5.86. The van der Waals surface area contributed by atoms with Crippen LogP contribution in [0.3, 0.4) is 0 Å². The normalized spacial score (nSPS) is 12.4. The van der Waals surface area contributed by atoms with Crippen molar-refractivity contribution in [2.24, 2.45) is 7.05 Å². The summed E-state index contributed by atoms with van der Waals surface area (Å²) in [5.41, 5.74) is 1.46. The number of rotatable bonds is 6. The number of aromatic nitrogens is 7. The molecule has 9 nitrogen and oxygen atoms in total. The van der Waals surface area contributed by atoms with Gasteiger partial charge in [-0.05, 0) is 25.5 Å². The third kappa shape index (κ3) is 3.35. The molecule has 1 N–H and O–H groups in total. The average Bonchev–Trinajstić information content (AvgIpc) is 3.31. The van der Waals surface area contributed by atoms with Crippen LogP contribution >= 0.6 is 0 Å². The fourth-order valence-corrected chi connectivity index (χ4v) is 2.79. The summed E-state index contributed by atoms with van der Waals surface area (Å²) in [7, 11) is 1.87. The molecule has 9 heteroatoms. The van der Waals surface area contributed by atoms with E-state index < -0.39 is 0 Å². The standard InChI is InChI=1S/C18H20N8O/c1-4-7-14-22-15(12-10-20-26(3)17(12)23-14)21-11(2)18-24-16(25-27-18)13-8-5-6-9-19-13/h5-6,8-11H,4,7H2,1-3H3,(H,21,22,23). The molecule has 0 radical (unpaired) electrons. The van der Waals surface area contributed by atoms with Gasteiger partial charge in [0.1, 0.15) is 23.4 Å². The number of nitrogens with zero attached hydrogens (tertiary/aromatic N) is 7. The van der Waals surface area contributed by atoms with E-state index in [-0.39, 0.29) is 6.04 Å². The van der Waals surface area contributed by atoms with E-state index >= 15 is 0 Å². The first-order chi connectivity index (χ1) is 13.2. The second kappa shape index (κ2) is 7.10. The lowest BCUT2D eigenvalue weighted by Crippen LogP contribution is -2.11. The lowest BCUT2D eigenvalue weighted by molar-refractivity contribution is 0.367. The van der Waals surface area contributed by atoms with Crippen molar-refractivity contribution < 1.29 is 4.52 Å². The quantitative estimate of drug-likeness (QED) is 0.556. The van der Waals surface area contributed by atoms with Crippen LogP contribution in [0.1, 0.15) is 38.0 Å². The van der Waals surface area contributed by atoms with Crippen LogP contribution in [0.15, 0.2) is 35.1 Å². The third-order valence-electron chi connectivity index (χ3n) is 4.17. The molecule has 4 aromatic heterocycles. The average molecular weight is 364 g/mol. The number of hydrogen-bond acceptors (Lipinski definition) is 8. The van der Waals surface area contributed by atoms with Crippen LogP contribution in [-0.2, 0) is 13.5 Å². The number of aryl methyl sites for hydroxylation is 2. The summed E-state index contributed by atoms with van der Waals surface area (Å²) in [4.78, 5) is 18.0. The lowest BCUT2D eigenvalue weighted by Gasteiger charge is -2.12. The van der Waals surface area contributed by atoms with E-state index in [0.717, 1.165) is 29.7 Å². The van der Waals surface area contributed by atoms with Gasteiger partial charge in [0.15, 0.2) is 5.65 Å². The molecule has 1 unspecified atom stereocenters. The second-order valence-corrected chi connectivity index (χ2v) is 6.28. The Hall–Kier alpha value is -3.36. The highest BCUT2D eigenvalue weighted by Crippen LogP contribution is 2.25. The van der Waals surface area contributed by atoms with Gasteiger partial charge in [0.05, 0.1) is 11.6 Å². The highest BCUT2D eigenvalue weighted by atomic mass is 16.5. The summed E-state index contributed by atoms with van der Waals surface area (Å²) >= 11 is 0. The maximum atomic E-state index is 5.42. The van der Waals surface area contributed by atoms with Crippen molar-refractivity contribution in [3.8, 4) is 11.5 Å². The lowest BCUT2D eigenvalue weighted by atomic mass is 10.2. The summed E-state index contributed by atoms with van der Waals surface area (Å²) in [6, 6.07) is 5.34. The van der Waals surface area contributed by atoms with Crippen molar-refractivity contribution in [3.63, 3.8) is 0 Å². The van der Waals surface area contributed by atoms with E-state index in [4.69, 9.17) is 4.52 Å². The Morgan fingerprint density at radius 1 is 1.22 bits per heavy atom. The Morgan fingerprint density at radius 3 is 2.89 bits per heavy atom. The number of nitrogens with one attached hydrogen (secondary N) is 1. The monoisotopic (exact) mass is 364 g/mol. The number of pyridine rings is 1. The Bertz CT molecular complexity index is 1060. The molecule has 4 rings (SSSR count). The van der Waals surface area contributed by atoms with Gasteiger partial charge in [0.25, 0.3) is 0 Å². The van der Waals surface area contributed by atoms with Gasteiger partial charge in [0.2, 0.25) is 11.7 Å². The maximum absolute atomic E-state index is 5.42. The van der Waals surface area contributed by atoms with Gasteiger partial charge in [-0.3, -0.25) is 9.67 Å². The zero-order chi connectivity index (χ0) is 18.8. The molecule has 0 spiro atoms. The van der Waals surface area contributed by atoms with Crippen molar-refractivity contribution in [3.05, 3.63) is 42.3 Å². The molecule has 4 heterocycles. The Balaban J connectivity index is 1.63. The Labute approximate surface area is 155 Å². The maximum Gasteiger partial charge on any atom is 0.249 e. The fourth-order valence-electron chi connectivity index (χ4n) is 2.79. The van der Waals surface area contributed by atoms with E-state index in [2.05, 4.69) is 42.4 Å². The molecule has 0 aliphatic carbocycles. The predicted molar refractivity (Wildman–Crippen MR) is 99.9 cm³/mol. The van der Waals surface area contributed by atoms with E-state index in [0.29, 0.717) is 23.2 Å². The molecule has 4 aromatic rings. The van der Waals surface area contributed by atoms with E-state index in [9.17, 15) is 0 Å². The third-order valence-corrected chi connectivity index (χ3v) is 4.17. The van der Waals surface area contributed by atoms with Gasteiger partial charge in [-0.25, -0.2) is 9.97 Å². The van der Waals surface area contributed by atoms with Crippen molar-refractivity contribution in [1.29, 1.82) is 0 Å². The molecule has 0 aliphatic rings. The SMILES string of the molecule is CCCc1nc(NC(C)c2nc(-c3ccccn3)no2)c2cnn(C)c2n1. The first kappa shape index (κ1) is 17.1. The smallest absolute Gasteiger partial charge is 0.249 e. The number of anilines is 1. The minimum absolute atomic E-state index is 0.234. The summed E-state index contributed by atoms with van der Waals surface area (Å²) in [5.74, 6) is 2.41. The molecule has 0 saturated carbocycles. The molecule has 138 valence electrons. The summed E-state index contributed by atoms with van der Waals surface area (Å²) in [6.07, 6.45) is 5.22. The van der Waals surface area contributed by atoms with Gasteiger partial charge in [-0.15, -0.1) is 0 Å². The summed E-state index contributed by atoms with van der Waals surface area (Å²) < 4.78 is 7.17. The van der Waals surface area contributed by atoms with Crippen molar-refractivity contribution in [2.75, 3.05) is 5.32 Å². The molecule has 0 amide bonds. The van der Waals surface area contributed by atoms with Crippen LogP contribution in [-0.4, -0.2) is 34.9 Å². The van der Waals surface area contributed by atoms with E-state index in [1.165, 1.54) is 0 Å². The minimum Gasteiger partial charge on any atom is -0.358 e. The number of hydrogen-bond donors (Lipinski definition) is 1. The highest BCUT2D eigenvalue weighted by Gasteiger charge is 2.19. The van der Waals surface area contributed by atoms with Gasteiger partial charge in [-0.2, -0.15) is 10.1 Å². The van der Waals surface area contributed by atoms with Crippen LogP contribution in [0.2, 0.25) is 0 Å². The van der Waals surface area contributed by atoms with Gasteiger partial charge in [0, 0.05) is 19.7 Å². The van der Waals surface area contributed by atoms with Gasteiger partial charge < -0.3 is 9.84 Å². The zero-order valence-electron chi connectivity index (χ0n) is 15.4. The number of fused-ring (bicyclic) bond motifs is 1. The molecule has 0 fully saturated rings. The minimum atomic E-state index is -0.234. The van der Waals surface area contributed by atoms with Crippen LogP contribution in [0.25, 0.3) is 22.6 Å². The first-order valence-electron chi connectivity index (χ1n) is 8.86. The predicted octanol–water partition coefficient (Wildman–Crippen LogP) is 2.93. The molecule has 0 aliphatic heterocycles. The second-order valence-electron chi connectivity index (χ2n) is 6.28. The molecule has 1 atom stereocenters. The van der Waals surface area contributed by atoms with Crippen molar-refractivity contribution >= 4 is 16.9 Å². The van der Waals surface area contributed by atoms with Crippen LogP contribution < -0.4 is 5.32 Å².